The maximum atomic E-state index is 12.7. The number of rotatable bonds is 7. The molecule has 8 heteroatoms. The Morgan fingerprint density at radius 3 is 2.39 bits per heavy atom. The number of carbonyl (C=O) groups is 1. The zero-order valence-electron chi connectivity index (χ0n) is 17.3. The first-order chi connectivity index (χ1) is 14.6. The molecule has 0 bridgehead atoms. The van der Waals surface area contributed by atoms with Crippen molar-refractivity contribution in [1.29, 1.82) is 0 Å². The van der Waals surface area contributed by atoms with Crippen LogP contribution in [0, 0.1) is 13.8 Å². The lowest BCUT2D eigenvalue weighted by atomic mass is 9.95. The fourth-order valence-electron chi connectivity index (χ4n) is 2.93. The number of hydrogen-bond acceptors (Lipinski definition) is 5. The van der Waals surface area contributed by atoms with E-state index >= 15 is 0 Å². The molecule has 162 valence electrons. The summed E-state index contributed by atoms with van der Waals surface area (Å²) in [5, 5.41) is 3.79. The SMILES string of the molecule is C=C(CC)C(=O)c1ccc(OCc2nc(-c3ccc(C(F)(F)F)cc3)no2)c(C)c1C. The molecule has 3 rings (SSSR count). The van der Waals surface area contributed by atoms with Crippen LogP contribution < -0.4 is 4.74 Å². The number of halogens is 3. The number of nitrogens with zero attached hydrogens (tertiary/aromatic N) is 2. The van der Waals surface area contributed by atoms with E-state index in [9.17, 15) is 18.0 Å². The lowest BCUT2D eigenvalue weighted by Crippen LogP contribution is -2.07. The molecule has 0 aliphatic rings. The Hall–Kier alpha value is -3.42. The van der Waals surface area contributed by atoms with Crippen molar-refractivity contribution >= 4 is 5.78 Å². The Morgan fingerprint density at radius 2 is 1.77 bits per heavy atom. The van der Waals surface area contributed by atoms with Crippen LogP contribution in [0.4, 0.5) is 13.2 Å². The van der Waals surface area contributed by atoms with Crippen LogP contribution in [0.3, 0.4) is 0 Å². The summed E-state index contributed by atoms with van der Waals surface area (Å²) in [6.45, 7) is 9.34. The summed E-state index contributed by atoms with van der Waals surface area (Å²) in [6.07, 6.45) is -3.83. The van der Waals surface area contributed by atoms with Gasteiger partial charge in [-0.3, -0.25) is 4.79 Å². The Bertz CT molecular complexity index is 1120. The molecule has 0 amide bonds. The van der Waals surface area contributed by atoms with E-state index in [1.165, 1.54) is 12.1 Å². The van der Waals surface area contributed by atoms with Gasteiger partial charge in [0, 0.05) is 11.1 Å². The molecule has 3 aromatic rings. The predicted molar refractivity (Wildman–Crippen MR) is 109 cm³/mol. The van der Waals surface area contributed by atoms with Crippen LogP contribution in [0.15, 0.2) is 53.1 Å². The Kier molecular flexibility index (Phi) is 6.29. The van der Waals surface area contributed by atoms with Gasteiger partial charge in [-0.05, 0) is 61.2 Å². The minimum Gasteiger partial charge on any atom is -0.483 e. The van der Waals surface area contributed by atoms with E-state index in [1.54, 1.807) is 12.1 Å². The van der Waals surface area contributed by atoms with Crippen LogP contribution in [-0.2, 0) is 12.8 Å². The molecule has 0 radical (unpaired) electrons. The van der Waals surface area contributed by atoms with Crippen LogP contribution in [0.5, 0.6) is 5.75 Å². The van der Waals surface area contributed by atoms with Crippen LogP contribution in [0.25, 0.3) is 11.4 Å². The molecule has 2 aromatic carbocycles. The van der Waals surface area contributed by atoms with Gasteiger partial charge in [-0.1, -0.05) is 30.8 Å². The number of ketones is 1. The number of allylic oxidation sites excluding steroid dienone is 1. The van der Waals surface area contributed by atoms with Crippen LogP contribution in [0.1, 0.15) is 46.3 Å². The maximum Gasteiger partial charge on any atom is 0.416 e. The van der Waals surface area contributed by atoms with Gasteiger partial charge in [-0.15, -0.1) is 0 Å². The van der Waals surface area contributed by atoms with Crippen molar-refractivity contribution in [1.82, 2.24) is 10.1 Å². The molecule has 0 saturated carbocycles. The van der Waals surface area contributed by atoms with Crippen molar-refractivity contribution in [3.8, 4) is 17.1 Å². The van der Waals surface area contributed by atoms with E-state index in [4.69, 9.17) is 9.26 Å². The largest absolute Gasteiger partial charge is 0.483 e. The number of ether oxygens (including phenoxy) is 1. The molecule has 0 atom stereocenters. The summed E-state index contributed by atoms with van der Waals surface area (Å²) in [4.78, 5) is 16.6. The van der Waals surface area contributed by atoms with Gasteiger partial charge in [0.25, 0.3) is 5.89 Å². The second kappa shape index (κ2) is 8.75. The molecule has 1 aromatic heterocycles. The van der Waals surface area contributed by atoms with Crippen LogP contribution in [0.2, 0.25) is 0 Å². The van der Waals surface area contributed by atoms with Crippen molar-refractivity contribution in [2.45, 2.75) is 40.0 Å². The summed E-state index contributed by atoms with van der Waals surface area (Å²) in [6, 6.07) is 7.89. The molecular weight excluding hydrogens is 409 g/mol. The monoisotopic (exact) mass is 430 g/mol. The lowest BCUT2D eigenvalue weighted by molar-refractivity contribution is -0.137. The van der Waals surface area contributed by atoms with E-state index in [0.717, 1.165) is 23.3 Å². The van der Waals surface area contributed by atoms with Gasteiger partial charge in [0.2, 0.25) is 5.82 Å². The average Bonchev–Trinajstić information content (AvgIpc) is 3.22. The van der Waals surface area contributed by atoms with Gasteiger partial charge in [-0.25, -0.2) is 0 Å². The summed E-state index contributed by atoms with van der Waals surface area (Å²) >= 11 is 0. The highest BCUT2D eigenvalue weighted by molar-refractivity contribution is 6.09. The first-order valence-electron chi connectivity index (χ1n) is 9.57. The van der Waals surface area contributed by atoms with E-state index in [0.29, 0.717) is 28.9 Å². The Balaban J connectivity index is 1.71. The smallest absolute Gasteiger partial charge is 0.416 e. The van der Waals surface area contributed by atoms with Gasteiger partial charge in [0.15, 0.2) is 12.4 Å². The van der Waals surface area contributed by atoms with E-state index < -0.39 is 11.7 Å². The third-order valence-corrected chi connectivity index (χ3v) is 5.02. The Labute approximate surface area is 177 Å². The molecule has 31 heavy (non-hydrogen) atoms. The molecule has 1 heterocycles. The molecule has 0 N–H and O–H groups in total. The first-order valence-corrected chi connectivity index (χ1v) is 9.57. The highest BCUT2D eigenvalue weighted by atomic mass is 19.4. The number of Topliss-reactive ketones (excluding diaryl/α,β-unsaturated/α-hetero) is 1. The van der Waals surface area contributed by atoms with E-state index in [1.807, 2.05) is 20.8 Å². The molecule has 0 saturated heterocycles. The molecule has 0 aliphatic heterocycles. The standard InChI is InChI=1S/C23H21F3N2O3/c1-5-13(2)21(29)18-10-11-19(15(4)14(18)3)30-12-20-27-22(28-31-20)16-6-8-17(9-7-16)23(24,25)26/h6-11H,2,5,12H2,1,3-4H3. The summed E-state index contributed by atoms with van der Waals surface area (Å²) in [7, 11) is 0. The van der Waals surface area contributed by atoms with E-state index in [-0.39, 0.29) is 24.1 Å². The third kappa shape index (κ3) is 4.84. The van der Waals surface area contributed by atoms with Gasteiger partial charge in [-0.2, -0.15) is 18.2 Å². The second-order valence-electron chi connectivity index (χ2n) is 7.02. The van der Waals surface area contributed by atoms with Crippen molar-refractivity contribution in [3.05, 3.63) is 76.7 Å². The van der Waals surface area contributed by atoms with Gasteiger partial charge in [0.1, 0.15) is 5.75 Å². The van der Waals surface area contributed by atoms with Crippen LogP contribution in [-0.4, -0.2) is 15.9 Å². The molecule has 0 fully saturated rings. The maximum absolute atomic E-state index is 12.7. The zero-order chi connectivity index (χ0) is 22.8. The van der Waals surface area contributed by atoms with Crippen molar-refractivity contribution < 1.29 is 27.2 Å². The highest BCUT2D eigenvalue weighted by Crippen LogP contribution is 2.31. The molecular formula is C23H21F3N2O3. The van der Waals surface area contributed by atoms with Crippen molar-refractivity contribution in [3.63, 3.8) is 0 Å². The van der Waals surface area contributed by atoms with Crippen LogP contribution >= 0.6 is 0 Å². The summed E-state index contributed by atoms with van der Waals surface area (Å²) < 4.78 is 49.0. The average molecular weight is 430 g/mol. The van der Waals surface area contributed by atoms with Gasteiger partial charge < -0.3 is 9.26 Å². The van der Waals surface area contributed by atoms with Gasteiger partial charge >= 0.3 is 6.18 Å². The number of carbonyl (C=O) groups excluding carboxylic acids is 1. The zero-order valence-corrected chi connectivity index (χ0v) is 17.3. The highest BCUT2D eigenvalue weighted by Gasteiger charge is 2.30. The number of benzene rings is 2. The van der Waals surface area contributed by atoms with Crippen molar-refractivity contribution in [2.75, 3.05) is 0 Å². The minimum atomic E-state index is -4.41. The van der Waals surface area contributed by atoms with Crippen molar-refractivity contribution in [2.24, 2.45) is 0 Å². The fraction of sp³-hybridized carbons (Fsp3) is 0.261. The summed E-state index contributed by atoms with van der Waals surface area (Å²) in [5.41, 5.74) is 2.37. The second-order valence-corrected chi connectivity index (χ2v) is 7.02. The fourth-order valence-corrected chi connectivity index (χ4v) is 2.93. The lowest BCUT2D eigenvalue weighted by Gasteiger charge is -2.13. The molecule has 5 nitrogen and oxygen atoms in total. The normalized spacial score (nSPS) is 11.4. The predicted octanol–water partition coefficient (Wildman–Crippen LogP) is 6.10. The quantitative estimate of drug-likeness (QED) is 0.335. The first kappa shape index (κ1) is 22.3. The van der Waals surface area contributed by atoms with E-state index in [2.05, 4.69) is 16.7 Å². The molecule has 0 aliphatic carbocycles. The number of hydrogen-bond donors (Lipinski definition) is 0. The number of aromatic nitrogens is 2. The molecule has 0 spiro atoms. The Morgan fingerprint density at radius 1 is 1.10 bits per heavy atom. The third-order valence-electron chi connectivity index (χ3n) is 5.02. The topological polar surface area (TPSA) is 65.2 Å². The minimum absolute atomic E-state index is 0.0249. The number of alkyl halides is 3. The van der Waals surface area contributed by atoms with Gasteiger partial charge in [0.05, 0.1) is 5.56 Å². The summed E-state index contributed by atoms with van der Waals surface area (Å²) in [5.74, 6) is 0.809. The molecule has 0 unspecified atom stereocenters.